The van der Waals surface area contributed by atoms with Crippen LogP contribution in [0.25, 0.3) is 0 Å². The first-order valence-electron chi connectivity index (χ1n) is 5.83. The summed E-state index contributed by atoms with van der Waals surface area (Å²) in [4.78, 5) is 10.4. The lowest BCUT2D eigenvalue weighted by molar-refractivity contribution is -0.384. The van der Waals surface area contributed by atoms with E-state index in [0.717, 1.165) is 16.7 Å². The molecule has 2 rings (SSSR count). The van der Waals surface area contributed by atoms with Crippen LogP contribution >= 0.6 is 0 Å². The molecule has 0 aliphatic carbocycles. The average molecular weight is 252 g/mol. The van der Waals surface area contributed by atoms with Gasteiger partial charge in [0.15, 0.2) is 0 Å². The van der Waals surface area contributed by atoms with Crippen molar-refractivity contribution in [3.8, 4) is 6.07 Å². The van der Waals surface area contributed by atoms with Crippen LogP contribution in [0.2, 0.25) is 0 Å². The second kappa shape index (κ2) is 5.32. The highest BCUT2D eigenvalue weighted by Crippen LogP contribution is 2.20. The van der Waals surface area contributed by atoms with E-state index in [1.807, 2.05) is 19.1 Å². The molecule has 2 aromatic rings. The summed E-state index contributed by atoms with van der Waals surface area (Å²) in [5.74, 6) is 0. The largest absolute Gasteiger partial charge is 0.269 e. The number of hydrogen-bond acceptors (Lipinski definition) is 3. The Kier molecular flexibility index (Phi) is 3.58. The van der Waals surface area contributed by atoms with Gasteiger partial charge in [0, 0.05) is 12.1 Å². The van der Waals surface area contributed by atoms with E-state index in [-0.39, 0.29) is 10.6 Å². The number of rotatable bonds is 3. The lowest BCUT2D eigenvalue weighted by Gasteiger charge is -2.06. The lowest BCUT2D eigenvalue weighted by Crippen LogP contribution is -1.95. The molecule has 0 aromatic heterocycles. The second-order valence-corrected chi connectivity index (χ2v) is 4.35. The second-order valence-electron chi connectivity index (χ2n) is 4.35. The smallest absolute Gasteiger partial charge is 0.258 e. The zero-order chi connectivity index (χ0) is 13.8. The van der Waals surface area contributed by atoms with Crippen molar-refractivity contribution in [1.82, 2.24) is 0 Å². The van der Waals surface area contributed by atoms with Crippen molar-refractivity contribution >= 4 is 5.69 Å². The zero-order valence-corrected chi connectivity index (χ0v) is 10.5. The van der Waals surface area contributed by atoms with Gasteiger partial charge in [0.1, 0.15) is 0 Å². The van der Waals surface area contributed by atoms with Gasteiger partial charge in [-0.1, -0.05) is 18.2 Å². The summed E-state index contributed by atoms with van der Waals surface area (Å²) in [6.07, 6.45) is 0.624. The molecule has 0 fully saturated rings. The van der Waals surface area contributed by atoms with Crippen molar-refractivity contribution in [2.45, 2.75) is 13.3 Å². The quantitative estimate of drug-likeness (QED) is 0.621. The van der Waals surface area contributed by atoms with Crippen molar-refractivity contribution < 1.29 is 4.92 Å². The lowest BCUT2D eigenvalue weighted by atomic mass is 9.99. The Bertz CT molecular complexity index is 655. The Morgan fingerprint density at radius 1 is 1.21 bits per heavy atom. The van der Waals surface area contributed by atoms with Gasteiger partial charge in [-0.05, 0) is 42.2 Å². The number of nitro groups is 1. The van der Waals surface area contributed by atoms with Crippen molar-refractivity contribution in [2.75, 3.05) is 0 Å². The van der Waals surface area contributed by atoms with Gasteiger partial charge < -0.3 is 0 Å². The number of benzene rings is 2. The summed E-state index contributed by atoms with van der Waals surface area (Å²) in [6.45, 7) is 1.93. The first kappa shape index (κ1) is 12.8. The number of nitrogens with zero attached hydrogens (tertiary/aromatic N) is 2. The third-order valence-corrected chi connectivity index (χ3v) is 3.02. The molecule has 0 unspecified atom stereocenters. The fraction of sp³-hybridized carbons (Fsp3) is 0.133. The number of hydrogen-bond donors (Lipinski definition) is 0. The first-order chi connectivity index (χ1) is 9.10. The van der Waals surface area contributed by atoms with E-state index in [4.69, 9.17) is 5.26 Å². The molecule has 0 saturated carbocycles. The van der Waals surface area contributed by atoms with E-state index in [2.05, 4.69) is 6.07 Å². The van der Waals surface area contributed by atoms with Crippen molar-refractivity contribution in [3.05, 3.63) is 74.8 Å². The zero-order valence-electron chi connectivity index (χ0n) is 10.5. The molecule has 19 heavy (non-hydrogen) atoms. The maximum atomic E-state index is 10.8. The van der Waals surface area contributed by atoms with E-state index in [1.54, 1.807) is 24.3 Å². The van der Waals surface area contributed by atoms with Crippen LogP contribution in [0.4, 0.5) is 5.69 Å². The molecular formula is C15H12N2O2. The molecule has 0 heterocycles. The van der Waals surface area contributed by atoms with Gasteiger partial charge in [-0.15, -0.1) is 0 Å². The molecule has 2 aromatic carbocycles. The minimum Gasteiger partial charge on any atom is -0.258 e. The van der Waals surface area contributed by atoms with Crippen LogP contribution in [-0.2, 0) is 6.42 Å². The molecule has 0 N–H and O–H groups in total. The van der Waals surface area contributed by atoms with Crippen molar-refractivity contribution in [2.24, 2.45) is 0 Å². The van der Waals surface area contributed by atoms with Gasteiger partial charge in [-0.2, -0.15) is 5.26 Å². The molecule has 0 bridgehead atoms. The standard InChI is InChI=1S/C15H12N2O2/c1-11-2-7-15(17(18)19)9-14(11)8-12-3-5-13(10-16)6-4-12/h2-7,9H,8H2,1H3. The predicted molar refractivity (Wildman–Crippen MR) is 71.8 cm³/mol. The van der Waals surface area contributed by atoms with Crippen LogP contribution in [0, 0.1) is 28.4 Å². The van der Waals surface area contributed by atoms with E-state index in [9.17, 15) is 10.1 Å². The fourth-order valence-corrected chi connectivity index (χ4v) is 1.88. The topological polar surface area (TPSA) is 66.9 Å². The van der Waals surface area contributed by atoms with Gasteiger partial charge in [0.05, 0.1) is 16.6 Å². The molecule has 0 atom stereocenters. The van der Waals surface area contributed by atoms with Gasteiger partial charge in [-0.25, -0.2) is 0 Å². The SMILES string of the molecule is Cc1ccc([N+](=O)[O-])cc1Cc1ccc(C#N)cc1. The van der Waals surface area contributed by atoms with Crippen molar-refractivity contribution in [1.29, 1.82) is 5.26 Å². The van der Waals surface area contributed by atoms with Gasteiger partial charge in [-0.3, -0.25) is 10.1 Å². The maximum Gasteiger partial charge on any atom is 0.269 e. The highest BCUT2D eigenvalue weighted by atomic mass is 16.6. The predicted octanol–water partition coefficient (Wildman–Crippen LogP) is 3.37. The molecule has 0 aliphatic heterocycles. The first-order valence-corrected chi connectivity index (χ1v) is 5.83. The Morgan fingerprint density at radius 3 is 2.47 bits per heavy atom. The number of aryl methyl sites for hydroxylation is 1. The summed E-state index contributed by atoms with van der Waals surface area (Å²) in [6, 6.07) is 14.2. The van der Waals surface area contributed by atoms with E-state index in [1.165, 1.54) is 6.07 Å². The average Bonchev–Trinajstić information content (AvgIpc) is 2.42. The Hall–Kier alpha value is -2.67. The monoisotopic (exact) mass is 252 g/mol. The minimum atomic E-state index is -0.387. The molecule has 0 saturated heterocycles. The number of nitro benzene ring substituents is 1. The van der Waals surface area contributed by atoms with E-state index in [0.29, 0.717) is 12.0 Å². The fourth-order valence-electron chi connectivity index (χ4n) is 1.88. The summed E-state index contributed by atoms with van der Waals surface area (Å²) in [5.41, 5.74) is 3.70. The molecule has 0 radical (unpaired) electrons. The Balaban J connectivity index is 2.29. The summed E-state index contributed by atoms with van der Waals surface area (Å²) in [7, 11) is 0. The summed E-state index contributed by atoms with van der Waals surface area (Å²) < 4.78 is 0. The minimum absolute atomic E-state index is 0.106. The van der Waals surface area contributed by atoms with Gasteiger partial charge in [0.25, 0.3) is 5.69 Å². The third kappa shape index (κ3) is 2.96. The normalized spacial score (nSPS) is 9.89. The molecule has 0 spiro atoms. The van der Waals surface area contributed by atoms with E-state index >= 15 is 0 Å². The van der Waals surface area contributed by atoms with E-state index < -0.39 is 0 Å². The summed E-state index contributed by atoms with van der Waals surface area (Å²) >= 11 is 0. The van der Waals surface area contributed by atoms with Crippen LogP contribution in [0.3, 0.4) is 0 Å². The van der Waals surface area contributed by atoms with Crippen LogP contribution < -0.4 is 0 Å². The Labute approximate surface area is 111 Å². The van der Waals surface area contributed by atoms with Crippen LogP contribution in [0.5, 0.6) is 0 Å². The molecule has 4 nitrogen and oxygen atoms in total. The molecule has 0 aliphatic rings. The summed E-state index contributed by atoms with van der Waals surface area (Å²) in [5, 5.41) is 19.5. The third-order valence-electron chi connectivity index (χ3n) is 3.02. The molecular weight excluding hydrogens is 240 g/mol. The Morgan fingerprint density at radius 2 is 1.89 bits per heavy atom. The number of nitriles is 1. The molecule has 4 heteroatoms. The highest BCUT2D eigenvalue weighted by Gasteiger charge is 2.09. The van der Waals surface area contributed by atoms with Crippen LogP contribution in [0.15, 0.2) is 42.5 Å². The van der Waals surface area contributed by atoms with Crippen LogP contribution in [-0.4, -0.2) is 4.92 Å². The highest BCUT2D eigenvalue weighted by molar-refractivity contribution is 5.42. The van der Waals surface area contributed by atoms with Crippen LogP contribution in [0.1, 0.15) is 22.3 Å². The molecule has 94 valence electrons. The maximum absolute atomic E-state index is 10.8. The van der Waals surface area contributed by atoms with Crippen molar-refractivity contribution in [3.63, 3.8) is 0 Å². The van der Waals surface area contributed by atoms with Gasteiger partial charge in [0.2, 0.25) is 0 Å². The molecule has 0 amide bonds. The number of non-ortho nitro benzene ring substituents is 1. The van der Waals surface area contributed by atoms with Gasteiger partial charge >= 0.3 is 0 Å².